The van der Waals surface area contributed by atoms with Gasteiger partial charge in [-0.2, -0.15) is 5.10 Å². The number of amides is 2. The summed E-state index contributed by atoms with van der Waals surface area (Å²) in [6.07, 6.45) is 8.96. The molecule has 2 heterocycles. The standard InChI is InChI=1S/C22H27N3O5/c26-19-4-3-18(23-24-19)21(28)30-13-20(27)25(12-17-2-1-5-29-17)22-9-14-6-15(10-22)8-16(7-14)11-22/h1-2,5,14-16H,3-4,6-13H2,(H,24,26). The number of ether oxygens (including phenoxy) is 1. The first-order valence-corrected chi connectivity index (χ1v) is 10.9. The van der Waals surface area contributed by atoms with Gasteiger partial charge < -0.3 is 14.1 Å². The van der Waals surface area contributed by atoms with Crippen LogP contribution in [-0.4, -0.2) is 40.5 Å². The minimum atomic E-state index is -0.646. The molecule has 5 aliphatic rings. The van der Waals surface area contributed by atoms with Crippen molar-refractivity contribution in [3.63, 3.8) is 0 Å². The maximum atomic E-state index is 13.3. The van der Waals surface area contributed by atoms with Crippen molar-refractivity contribution < 1.29 is 23.5 Å². The summed E-state index contributed by atoms with van der Waals surface area (Å²) in [4.78, 5) is 38.8. The normalized spacial score (nSPS) is 31.8. The minimum absolute atomic E-state index is 0.148. The maximum absolute atomic E-state index is 13.3. The van der Waals surface area contributed by atoms with Crippen LogP contribution in [0.1, 0.15) is 57.1 Å². The van der Waals surface area contributed by atoms with Gasteiger partial charge in [0, 0.05) is 18.4 Å². The van der Waals surface area contributed by atoms with E-state index in [9.17, 15) is 14.4 Å². The van der Waals surface area contributed by atoms with Crippen LogP contribution in [0.2, 0.25) is 0 Å². The molecule has 4 aliphatic carbocycles. The van der Waals surface area contributed by atoms with E-state index in [4.69, 9.17) is 9.15 Å². The molecule has 0 saturated heterocycles. The van der Waals surface area contributed by atoms with E-state index in [0.29, 0.717) is 24.3 Å². The number of nitrogens with one attached hydrogen (secondary N) is 1. The molecule has 8 nitrogen and oxygen atoms in total. The highest BCUT2D eigenvalue weighted by Crippen LogP contribution is 2.58. The second-order valence-corrected chi connectivity index (χ2v) is 9.37. The van der Waals surface area contributed by atoms with Gasteiger partial charge >= 0.3 is 5.97 Å². The summed E-state index contributed by atoms with van der Waals surface area (Å²) in [6, 6.07) is 3.71. The quantitative estimate of drug-likeness (QED) is 0.722. The molecular formula is C22H27N3O5. The Morgan fingerprint density at radius 1 is 1.17 bits per heavy atom. The Morgan fingerprint density at radius 2 is 1.87 bits per heavy atom. The van der Waals surface area contributed by atoms with Crippen molar-refractivity contribution >= 4 is 23.5 Å². The van der Waals surface area contributed by atoms with Crippen molar-refractivity contribution in [2.24, 2.45) is 22.9 Å². The summed E-state index contributed by atoms with van der Waals surface area (Å²) in [5.74, 6) is 1.73. The summed E-state index contributed by atoms with van der Waals surface area (Å²) in [5.41, 5.74) is 2.27. The van der Waals surface area contributed by atoms with Crippen molar-refractivity contribution in [1.82, 2.24) is 10.3 Å². The first-order valence-electron chi connectivity index (χ1n) is 10.9. The molecule has 0 aromatic carbocycles. The van der Waals surface area contributed by atoms with Crippen LogP contribution < -0.4 is 5.43 Å². The number of nitrogens with zero attached hydrogens (tertiary/aromatic N) is 2. The average molecular weight is 413 g/mol. The van der Waals surface area contributed by atoms with Crippen molar-refractivity contribution in [3.05, 3.63) is 24.2 Å². The van der Waals surface area contributed by atoms with Gasteiger partial charge in [0.1, 0.15) is 11.5 Å². The van der Waals surface area contributed by atoms with Crippen molar-refractivity contribution in [2.45, 2.75) is 63.5 Å². The minimum Gasteiger partial charge on any atom is -0.467 e. The van der Waals surface area contributed by atoms with E-state index in [2.05, 4.69) is 10.5 Å². The highest BCUT2D eigenvalue weighted by atomic mass is 16.5. The molecule has 4 bridgehead atoms. The number of hydrogen-bond donors (Lipinski definition) is 1. The van der Waals surface area contributed by atoms with E-state index >= 15 is 0 Å². The maximum Gasteiger partial charge on any atom is 0.355 e. The summed E-state index contributed by atoms with van der Waals surface area (Å²) in [5, 5.41) is 3.75. The fourth-order valence-corrected chi connectivity index (χ4v) is 6.38. The first kappa shape index (κ1) is 19.3. The smallest absolute Gasteiger partial charge is 0.355 e. The van der Waals surface area contributed by atoms with E-state index in [1.165, 1.54) is 19.3 Å². The predicted octanol–water partition coefficient (Wildman–Crippen LogP) is 2.39. The zero-order valence-corrected chi connectivity index (χ0v) is 17.0. The monoisotopic (exact) mass is 413 g/mol. The van der Waals surface area contributed by atoms with Crippen LogP contribution in [0.25, 0.3) is 0 Å². The lowest BCUT2D eigenvalue weighted by Gasteiger charge is -2.60. The van der Waals surface area contributed by atoms with Crippen LogP contribution in [0.4, 0.5) is 0 Å². The Hall–Kier alpha value is -2.64. The molecule has 0 atom stereocenters. The average Bonchev–Trinajstić information content (AvgIpc) is 3.23. The number of furan rings is 1. The van der Waals surface area contributed by atoms with Crippen molar-refractivity contribution in [3.8, 4) is 0 Å². The number of rotatable bonds is 6. The molecule has 8 heteroatoms. The zero-order chi connectivity index (χ0) is 20.7. The van der Waals surface area contributed by atoms with Crippen LogP contribution >= 0.6 is 0 Å². The lowest BCUT2D eigenvalue weighted by Crippen LogP contribution is -2.61. The number of hydrogen-bond acceptors (Lipinski definition) is 6. The molecule has 0 spiro atoms. The van der Waals surface area contributed by atoms with Crippen LogP contribution in [0.5, 0.6) is 0 Å². The number of carbonyl (C=O) groups excluding carboxylic acids is 3. The number of hydrazone groups is 1. The molecule has 6 rings (SSSR count). The van der Waals surface area contributed by atoms with Gasteiger partial charge in [-0.1, -0.05) is 0 Å². The topological polar surface area (TPSA) is 101 Å². The lowest BCUT2D eigenvalue weighted by molar-refractivity contribution is -0.161. The van der Waals surface area contributed by atoms with E-state index in [-0.39, 0.29) is 42.5 Å². The SMILES string of the molecule is O=C1CCC(C(=O)OCC(=O)N(Cc2ccco2)C23CC4CC(CC(C4)C2)C3)=NN1. The van der Waals surface area contributed by atoms with Crippen molar-refractivity contribution in [2.75, 3.05) is 6.61 Å². The highest BCUT2D eigenvalue weighted by molar-refractivity contribution is 6.37. The molecule has 160 valence electrons. The van der Waals surface area contributed by atoms with Gasteiger partial charge in [-0.25, -0.2) is 10.2 Å². The molecule has 4 saturated carbocycles. The summed E-state index contributed by atoms with van der Waals surface area (Å²) >= 11 is 0. The van der Waals surface area contributed by atoms with E-state index in [1.54, 1.807) is 6.26 Å². The molecule has 1 aromatic heterocycles. The van der Waals surface area contributed by atoms with Crippen molar-refractivity contribution in [1.29, 1.82) is 0 Å². The largest absolute Gasteiger partial charge is 0.467 e. The lowest BCUT2D eigenvalue weighted by atomic mass is 9.52. The predicted molar refractivity (Wildman–Crippen MR) is 106 cm³/mol. The van der Waals surface area contributed by atoms with Gasteiger partial charge in [-0.15, -0.1) is 0 Å². The molecule has 0 radical (unpaired) electrons. The third kappa shape index (κ3) is 3.63. The van der Waals surface area contributed by atoms with Crippen LogP contribution in [0, 0.1) is 17.8 Å². The Bertz CT molecular complexity index is 840. The second kappa shape index (κ2) is 7.56. The Balaban J connectivity index is 1.31. The Kier molecular flexibility index (Phi) is 4.87. The first-order chi connectivity index (χ1) is 14.5. The van der Waals surface area contributed by atoms with Gasteiger partial charge in [-0.3, -0.25) is 9.59 Å². The third-order valence-electron chi connectivity index (χ3n) is 7.24. The summed E-state index contributed by atoms with van der Waals surface area (Å²) < 4.78 is 10.8. The Labute approximate surface area is 175 Å². The van der Waals surface area contributed by atoms with Gasteiger partial charge in [0.05, 0.1) is 12.8 Å². The molecular weight excluding hydrogens is 386 g/mol. The highest BCUT2D eigenvalue weighted by Gasteiger charge is 2.54. The molecule has 1 N–H and O–H groups in total. The summed E-state index contributed by atoms with van der Waals surface area (Å²) in [7, 11) is 0. The van der Waals surface area contributed by atoms with Gasteiger partial charge in [0.2, 0.25) is 5.91 Å². The summed E-state index contributed by atoms with van der Waals surface area (Å²) in [6.45, 7) is 0.0702. The number of carbonyl (C=O) groups is 3. The molecule has 1 aromatic rings. The fourth-order valence-electron chi connectivity index (χ4n) is 6.38. The van der Waals surface area contributed by atoms with Gasteiger partial charge in [0.15, 0.2) is 6.61 Å². The van der Waals surface area contributed by atoms with Gasteiger partial charge in [-0.05, 0) is 68.4 Å². The molecule has 4 fully saturated rings. The molecule has 30 heavy (non-hydrogen) atoms. The molecule has 1 aliphatic heterocycles. The van der Waals surface area contributed by atoms with Crippen LogP contribution in [-0.2, 0) is 25.7 Å². The molecule has 2 amide bonds. The zero-order valence-electron chi connectivity index (χ0n) is 17.0. The fraction of sp³-hybridized carbons (Fsp3) is 0.636. The number of esters is 1. The third-order valence-corrected chi connectivity index (χ3v) is 7.24. The second-order valence-electron chi connectivity index (χ2n) is 9.37. The Morgan fingerprint density at radius 3 is 2.43 bits per heavy atom. The van der Waals surface area contributed by atoms with Crippen LogP contribution in [0.3, 0.4) is 0 Å². The van der Waals surface area contributed by atoms with E-state index in [0.717, 1.165) is 25.0 Å². The van der Waals surface area contributed by atoms with Crippen LogP contribution in [0.15, 0.2) is 27.9 Å². The van der Waals surface area contributed by atoms with E-state index in [1.807, 2.05) is 17.0 Å². The van der Waals surface area contributed by atoms with Gasteiger partial charge in [0.25, 0.3) is 5.91 Å². The molecule has 0 unspecified atom stereocenters. The van der Waals surface area contributed by atoms with E-state index < -0.39 is 5.97 Å².